The van der Waals surface area contributed by atoms with Crippen LogP contribution in [0.15, 0.2) is 35.1 Å². The summed E-state index contributed by atoms with van der Waals surface area (Å²) in [6.45, 7) is 2.83. The van der Waals surface area contributed by atoms with E-state index in [4.69, 9.17) is 4.74 Å². The van der Waals surface area contributed by atoms with E-state index in [1.807, 2.05) is 0 Å². The molecule has 0 bridgehead atoms. The normalized spacial score (nSPS) is 21.5. The summed E-state index contributed by atoms with van der Waals surface area (Å²) < 4.78 is 20.0. The molecule has 1 aliphatic carbocycles. The van der Waals surface area contributed by atoms with Gasteiger partial charge >= 0.3 is 0 Å². The highest BCUT2D eigenvalue weighted by atomic mass is 19.1. The molecule has 6 nitrogen and oxygen atoms in total. The standard InChI is InChI=1S/C19H20FN3O3/c1-12-10-16(24)22-17(21-12)15-11-23(8-9-26-15)18(25)19(6-7-19)13-4-2-3-5-14(13)20/h2-5,10,15H,6-9,11H2,1H3,(H,21,22,24)/t15-/m1/s1. The largest absolute Gasteiger partial charge is 0.367 e. The predicted octanol–water partition coefficient (Wildman–Crippen LogP) is 1.85. The lowest BCUT2D eigenvalue weighted by Gasteiger charge is -2.35. The number of rotatable bonds is 3. The molecule has 2 aromatic rings. The van der Waals surface area contributed by atoms with E-state index in [-0.39, 0.29) is 17.3 Å². The van der Waals surface area contributed by atoms with Crippen molar-refractivity contribution >= 4 is 5.91 Å². The van der Waals surface area contributed by atoms with Crippen LogP contribution in [0.25, 0.3) is 0 Å². The van der Waals surface area contributed by atoms with E-state index < -0.39 is 11.5 Å². The molecule has 0 spiro atoms. The number of halogens is 1. The van der Waals surface area contributed by atoms with Crippen LogP contribution in [0.1, 0.15) is 36.0 Å². The Morgan fingerprint density at radius 2 is 2.15 bits per heavy atom. The first-order chi connectivity index (χ1) is 12.5. The molecule has 1 amide bonds. The zero-order valence-electron chi connectivity index (χ0n) is 14.5. The van der Waals surface area contributed by atoms with Gasteiger partial charge in [0.1, 0.15) is 17.7 Å². The maximum Gasteiger partial charge on any atom is 0.251 e. The minimum absolute atomic E-state index is 0.0779. The van der Waals surface area contributed by atoms with Crippen molar-refractivity contribution in [1.82, 2.24) is 14.9 Å². The lowest BCUT2D eigenvalue weighted by Crippen LogP contribution is -2.47. The summed E-state index contributed by atoms with van der Waals surface area (Å²) in [5.74, 6) is 0.00183. The van der Waals surface area contributed by atoms with Crippen molar-refractivity contribution < 1.29 is 13.9 Å². The van der Waals surface area contributed by atoms with Gasteiger partial charge in [0.15, 0.2) is 0 Å². The minimum atomic E-state index is -0.763. The van der Waals surface area contributed by atoms with Crippen LogP contribution in [0.2, 0.25) is 0 Å². The number of carbonyl (C=O) groups excluding carboxylic acids is 1. The van der Waals surface area contributed by atoms with Crippen molar-refractivity contribution in [2.75, 3.05) is 19.7 Å². The highest BCUT2D eigenvalue weighted by molar-refractivity contribution is 5.91. The van der Waals surface area contributed by atoms with Gasteiger partial charge in [0.25, 0.3) is 5.56 Å². The van der Waals surface area contributed by atoms with Crippen molar-refractivity contribution in [1.29, 1.82) is 0 Å². The number of hydrogen-bond donors (Lipinski definition) is 1. The van der Waals surface area contributed by atoms with Crippen LogP contribution in [-0.4, -0.2) is 40.5 Å². The molecule has 1 N–H and O–H groups in total. The summed E-state index contributed by atoms with van der Waals surface area (Å²) in [6.07, 6.45) is 0.805. The third-order valence-electron chi connectivity index (χ3n) is 5.10. The van der Waals surface area contributed by atoms with Crippen LogP contribution in [0.3, 0.4) is 0 Å². The van der Waals surface area contributed by atoms with Gasteiger partial charge in [-0.15, -0.1) is 0 Å². The number of benzene rings is 1. The van der Waals surface area contributed by atoms with Crippen LogP contribution in [0.4, 0.5) is 4.39 Å². The fraction of sp³-hybridized carbons (Fsp3) is 0.421. The van der Waals surface area contributed by atoms with Crippen molar-refractivity contribution in [2.24, 2.45) is 0 Å². The molecule has 1 aromatic heterocycles. The van der Waals surface area contributed by atoms with Gasteiger partial charge in [0.05, 0.1) is 18.6 Å². The Balaban J connectivity index is 1.57. The van der Waals surface area contributed by atoms with Gasteiger partial charge in [-0.1, -0.05) is 18.2 Å². The topological polar surface area (TPSA) is 75.3 Å². The zero-order valence-corrected chi connectivity index (χ0v) is 14.5. The molecule has 2 aliphatic rings. The van der Waals surface area contributed by atoms with Crippen molar-refractivity contribution in [3.8, 4) is 0 Å². The number of aromatic nitrogens is 2. The zero-order chi connectivity index (χ0) is 18.3. The molecule has 7 heteroatoms. The highest BCUT2D eigenvalue weighted by Gasteiger charge is 2.54. The molecule has 1 aliphatic heterocycles. The van der Waals surface area contributed by atoms with E-state index in [1.165, 1.54) is 12.1 Å². The van der Waals surface area contributed by atoms with Gasteiger partial charge < -0.3 is 14.6 Å². The number of aryl methyl sites for hydroxylation is 1. The van der Waals surface area contributed by atoms with E-state index >= 15 is 0 Å². The second-order valence-corrected chi connectivity index (χ2v) is 6.94. The summed E-state index contributed by atoms with van der Waals surface area (Å²) in [6, 6.07) is 7.88. The number of ether oxygens (including phenoxy) is 1. The molecule has 0 radical (unpaired) electrons. The number of H-pyrrole nitrogens is 1. The Bertz CT molecular complexity index is 907. The summed E-state index contributed by atoms with van der Waals surface area (Å²) in [5.41, 5.74) is 0.0567. The first-order valence-corrected chi connectivity index (χ1v) is 8.73. The third kappa shape index (κ3) is 2.92. The molecule has 136 valence electrons. The van der Waals surface area contributed by atoms with Gasteiger partial charge in [-0.3, -0.25) is 9.59 Å². The van der Waals surface area contributed by atoms with Crippen molar-refractivity contribution in [3.63, 3.8) is 0 Å². The van der Waals surface area contributed by atoms with Gasteiger partial charge in [0.2, 0.25) is 5.91 Å². The van der Waals surface area contributed by atoms with E-state index in [9.17, 15) is 14.0 Å². The second kappa shape index (κ2) is 6.32. The van der Waals surface area contributed by atoms with Crippen LogP contribution in [0, 0.1) is 12.7 Å². The number of nitrogens with one attached hydrogen (secondary N) is 1. The lowest BCUT2D eigenvalue weighted by molar-refractivity contribution is -0.142. The van der Waals surface area contributed by atoms with E-state index in [1.54, 1.807) is 30.0 Å². The predicted molar refractivity (Wildman–Crippen MR) is 92.2 cm³/mol. The molecular weight excluding hydrogens is 337 g/mol. The van der Waals surface area contributed by atoms with E-state index in [2.05, 4.69) is 9.97 Å². The quantitative estimate of drug-likeness (QED) is 0.910. The maximum atomic E-state index is 14.2. The SMILES string of the molecule is Cc1cc(=O)[nH]c([C@H]2CN(C(=O)C3(c4ccccc4F)CC3)CCO2)n1. The molecule has 2 fully saturated rings. The van der Waals surface area contributed by atoms with Gasteiger partial charge in [-0.05, 0) is 25.8 Å². The summed E-state index contributed by atoms with van der Waals surface area (Å²) in [7, 11) is 0. The van der Waals surface area contributed by atoms with Crippen molar-refractivity contribution in [2.45, 2.75) is 31.3 Å². The highest BCUT2D eigenvalue weighted by Crippen LogP contribution is 2.50. The summed E-state index contributed by atoms with van der Waals surface area (Å²) in [4.78, 5) is 33.6. The smallest absolute Gasteiger partial charge is 0.251 e. The Kier molecular flexibility index (Phi) is 4.11. The van der Waals surface area contributed by atoms with Gasteiger partial charge in [-0.2, -0.15) is 0 Å². The molecule has 1 saturated carbocycles. The molecular formula is C19H20FN3O3. The average Bonchev–Trinajstić information content (AvgIpc) is 3.42. The number of hydrogen-bond acceptors (Lipinski definition) is 4. The molecule has 0 unspecified atom stereocenters. The van der Waals surface area contributed by atoms with Gasteiger partial charge in [-0.25, -0.2) is 9.37 Å². The molecule has 1 atom stereocenters. The Morgan fingerprint density at radius 1 is 1.38 bits per heavy atom. The molecule has 4 rings (SSSR count). The maximum absolute atomic E-state index is 14.2. The van der Waals surface area contributed by atoms with Crippen LogP contribution < -0.4 is 5.56 Å². The van der Waals surface area contributed by atoms with Crippen LogP contribution in [0.5, 0.6) is 0 Å². The summed E-state index contributed by atoms with van der Waals surface area (Å²) in [5, 5.41) is 0. The second-order valence-electron chi connectivity index (χ2n) is 6.94. The first kappa shape index (κ1) is 16.9. The number of amides is 1. The monoisotopic (exact) mass is 357 g/mol. The third-order valence-corrected chi connectivity index (χ3v) is 5.10. The Morgan fingerprint density at radius 3 is 2.85 bits per heavy atom. The number of aromatic amines is 1. The Labute approximate surface area is 150 Å². The van der Waals surface area contributed by atoms with E-state index in [0.717, 1.165) is 0 Å². The number of morpholine rings is 1. The fourth-order valence-electron chi connectivity index (χ4n) is 3.63. The average molecular weight is 357 g/mol. The first-order valence-electron chi connectivity index (χ1n) is 8.73. The molecule has 2 heterocycles. The summed E-state index contributed by atoms with van der Waals surface area (Å²) >= 11 is 0. The van der Waals surface area contributed by atoms with E-state index in [0.29, 0.717) is 49.6 Å². The lowest BCUT2D eigenvalue weighted by atomic mass is 9.93. The minimum Gasteiger partial charge on any atom is -0.367 e. The van der Waals surface area contributed by atoms with Crippen LogP contribution in [-0.2, 0) is 14.9 Å². The number of nitrogens with zero attached hydrogens (tertiary/aromatic N) is 2. The number of carbonyl (C=O) groups is 1. The Hall–Kier alpha value is -2.54. The van der Waals surface area contributed by atoms with Crippen LogP contribution >= 0.6 is 0 Å². The van der Waals surface area contributed by atoms with Crippen molar-refractivity contribution in [3.05, 3.63) is 63.6 Å². The molecule has 26 heavy (non-hydrogen) atoms. The fourth-order valence-corrected chi connectivity index (χ4v) is 3.63. The molecule has 1 aromatic carbocycles. The molecule has 1 saturated heterocycles. The van der Waals surface area contributed by atoms with Gasteiger partial charge in [0, 0.05) is 23.9 Å².